The summed E-state index contributed by atoms with van der Waals surface area (Å²) >= 11 is 0. The number of ether oxygens (including phenoxy) is 2. The van der Waals surface area contributed by atoms with Gasteiger partial charge in [0.1, 0.15) is 6.61 Å². The highest BCUT2D eigenvalue weighted by molar-refractivity contribution is 5.96. The molecule has 0 aliphatic carbocycles. The Kier molecular flexibility index (Phi) is 6.83. The van der Waals surface area contributed by atoms with Crippen molar-refractivity contribution in [2.75, 3.05) is 25.6 Å². The topological polar surface area (TPSA) is 116 Å². The summed E-state index contributed by atoms with van der Waals surface area (Å²) in [7, 11) is 1.58. The maximum absolute atomic E-state index is 12.4. The molecule has 0 unspecified atom stereocenters. The zero-order valence-electron chi connectivity index (χ0n) is 18.4. The van der Waals surface area contributed by atoms with Crippen molar-refractivity contribution in [3.8, 4) is 11.5 Å². The summed E-state index contributed by atoms with van der Waals surface area (Å²) in [6, 6.07) is 20.7. The molecule has 172 valence electrons. The van der Waals surface area contributed by atoms with Crippen LogP contribution in [0, 0.1) is 10.1 Å². The molecule has 4 rings (SSSR count). The van der Waals surface area contributed by atoms with Crippen molar-refractivity contribution >= 4 is 33.9 Å². The van der Waals surface area contributed by atoms with Crippen LogP contribution in [0.3, 0.4) is 0 Å². The number of nitro benzene ring substituents is 1. The number of anilines is 2. The summed E-state index contributed by atoms with van der Waals surface area (Å²) in [5.74, 6) is 1.04. The Morgan fingerprint density at radius 3 is 2.53 bits per heavy atom. The number of nitrogens with zero attached hydrogens (tertiary/aromatic N) is 2. The lowest BCUT2D eigenvalue weighted by Crippen LogP contribution is -2.28. The summed E-state index contributed by atoms with van der Waals surface area (Å²) in [5, 5.41) is 17.8. The van der Waals surface area contributed by atoms with Crippen molar-refractivity contribution in [3.05, 3.63) is 94.7 Å². The Labute approximate surface area is 195 Å². The average molecular weight is 458 g/mol. The van der Waals surface area contributed by atoms with Crippen LogP contribution in [0.5, 0.6) is 11.5 Å². The molecule has 0 aliphatic rings. The molecule has 2 N–H and O–H groups in total. The van der Waals surface area contributed by atoms with Crippen LogP contribution in [0.15, 0.2) is 79.0 Å². The number of pyridine rings is 1. The zero-order valence-corrected chi connectivity index (χ0v) is 18.4. The van der Waals surface area contributed by atoms with E-state index >= 15 is 0 Å². The van der Waals surface area contributed by atoms with E-state index in [1.165, 1.54) is 12.1 Å². The number of carbonyl (C=O) groups excluding carboxylic acids is 1. The van der Waals surface area contributed by atoms with Gasteiger partial charge in [-0.15, -0.1) is 0 Å². The first-order valence-corrected chi connectivity index (χ1v) is 10.5. The van der Waals surface area contributed by atoms with Gasteiger partial charge in [0.05, 0.1) is 24.1 Å². The average Bonchev–Trinajstić information content (AvgIpc) is 2.87. The molecule has 1 heterocycles. The monoisotopic (exact) mass is 458 g/mol. The van der Waals surface area contributed by atoms with E-state index in [9.17, 15) is 14.9 Å². The normalized spacial score (nSPS) is 10.5. The second kappa shape index (κ2) is 10.3. The number of carbonyl (C=O) groups is 1. The number of non-ortho nitro benzene ring substituents is 1. The van der Waals surface area contributed by atoms with Gasteiger partial charge in [-0.25, -0.2) is 0 Å². The van der Waals surface area contributed by atoms with E-state index in [1.807, 2.05) is 18.2 Å². The van der Waals surface area contributed by atoms with Gasteiger partial charge in [0.15, 0.2) is 11.5 Å². The van der Waals surface area contributed by atoms with Crippen molar-refractivity contribution in [1.82, 2.24) is 10.3 Å². The first-order valence-electron chi connectivity index (χ1n) is 10.5. The molecule has 1 aromatic heterocycles. The van der Waals surface area contributed by atoms with Crippen LogP contribution >= 0.6 is 0 Å². The fourth-order valence-electron chi connectivity index (χ4n) is 3.39. The Bertz CT molecular complexity index is 1320. The summed E-state index contributed by atoms with van der Waals surface area (Å²) in [4.78, 5) is 27.2. The Morgan fingerprint density at radius 2 is 1.79 bits per heavy atom. The number of aromatic nitrogens is 1. The molecule has 3 aromatic carbocycles. The lowest BCUT2D eigenvalue weighted by atomic mass is 10.1. The molecule has 34 heavy (non-hydrogen) atoms. The molecule has 1 amide bonds. The lowest BCUT2D eigenvalue weighted by molar-refractivity contribution is -0.384. The molecule has 0 radical (unpaired) electrons. The number of amides is 1. The number of hydrogen-bond donors (Lipinski definition) is 2. The van der Waals surface area contributed by atoms with E-state index in [1.54, 1.807) is 55.8 Å². The highest BCUT2D eigenvalue weighted by Crippen LogP contribution is 2.28. The smallest absolute Gasteiger partial charge is 0.271 e. The van der Waals surface area contributed by atoms with Gasteiger partial charge in [0.25, 0.3) is 11.6 Å². The van der Waals surface area contributed by atoms with E-state index in [0.717, 1.165) is 16.8 Å². The lowest BCUT2D eigenvalue weighted by Gasteiger charge is -2.12. The highest BCUT2D eigenvalue weighted by Gasteiger charge is 2.10. The maximum Gasteiger partial charge on any atom is 0.271 e. The molecule has 9 heteroatoms. The molecule has 0 aliphatic heterocycles. The number of hydrogen-bond acceptors (Lipinski definition) is 7. The third-order valence-corrected chi connectivity index (χ3v) is 5.08. The van der Waals surface area contributed by atoms with Crippen molar-refractivity contribution < 1.29 is 19.2 Å². The van der Waals surface area contributed by atoms with Gasteiger partial charge in [0.2, 0.25) is 0 Å². The second-order valence-electron chi connectivity index (χ2n) is 7.27. The quantitative estimate of drug-likeness (QED) is 0.212. The Hall–Kier alpha value is -4.66. The van der Waals surface area contributed by atoms with Crippen LogP contribution in [-0.2, 0) is 0 Å². The number of nitro groups is 1. The molecule has 0 bridgehead atoms. The molecular weight excluding hydrogens is 436 g/mol. The van der Waals surface area contributed by atoms with Gasteiger partial charge < -0.3 is 20.1 Å². The van der Waals surface area contributed by atoms with Gasteiger partial charge >= 0.3 is 0 Å². The number of para-hydroxylation sites is 2. The fourth-order valence-corrected chi connectivity index (χ4v) is 3.39. The summed E-state index contributed by atoms with van der Waals surface area (Å²) in [6.07, 6.45) is 1.59. The number of fused-ring (bicyclic) bond motifs is 1. The second-order valence-corrected chi connectivity index (χ2v) is 7.27. The van der Waals surface area contributed by atoms with E-state index in [4.69, 9.17) is 9.47 Å². The van der Waals surface area contributed by atoms with Crippen LogP contribution < -0.4 is 20.1 Å². The minimum Gasteiger partial charge on any atom is -0.493 e. The minimum absolute atomic E-state index is 0.0131. The summed E-state index contributed by atoms with van der Waals surface area (Å²) in [5.41, 5.74) is 2.54. The number of nitrogens with one attached hydrogen (secondary N) is 2. The SMILES string of the molecule is COc1ccccc1OCCNC(=O)c1ccc(Nc2ccnc3cc([N+](=O)[O-])ccc23)cc1. The molecule has 0 spiro atoms. The highest BCUT2D eigenvalue weighted by atomic mass is 16.6. The predicted octanol–water partition coefficient (Wildman–Crippen LogP) is 4.70. The van der Waals surface area contributed by atoms with E-state index in [0.29, 0.717) is 35.7 Å². The number of methoxy groups -OCH3 is 1. The predicted molar refractivity (Wildman–Crippen MR) is 129 cm³/mol. The van der Waals surface area contributed by atoms with Crippen molar-refractivity contribution in [2.24, 2.45) is 0 Å². The summed E-state index contributed by atoms with van der Waals surface area (Å²) in [6.45, 7) is 0.644. The molecule has 0 saturated heterocycles. The van der Waals surface area contributed by atoms with Crippen LogP contribution in [-0.4, -0.2) is 36.1 Å². The van der Waals surface area contributed by atoms with Crippen molar-refractivity contribution in [2.45, 2.75) is 0 Å². The van der Waals surface area contributed by atoms with Crippen molar-refractivity contribution in [3.63, 3.8) is 0 Å². The molecule has 0 atom stereocenters. The van der Waals surface area contributed by atoms with Crippen LogP contribution in [0.1, 0.15) is 10.4 Å². The van der Waals surface area contributed by atoms with Crippen LogP contribution in [0.25, 0.3) is 10.9 Å². The fraction of sp³-hybridized carbons (Fsp3) is 0.120. The number of benzene rings is 3. The standard InChI is InChI=1S/C25H22N4O5/c1-33-23-4-2-3-5-24(23)34-15-14-27-25(30)17-6-8-18(9-7-17)28-21-12-13-26-22-16-19(29(31)32)10-11-20(21)22/h2-13,16H,14-15H2,1H3,(H,26,28)(H,27,30). The molecule has 4 aromatic rings. The van der Waals surface area contributed by atoms with Crippen LogP contribution in [0.2, 0.25) is 0 Å². The Morgan fingerprint density at radius 1 is 1.03 bits per heavy atom. The third kappa shape index (κ3) is 5.21. The summed E-state index contributed by atoms with van der Waals surface area (Å²) < 4.78 is 10.9. The first-order chi connectivity index (χ1) is 16.5. The van der Waals surface area contributed by atoms with Crippen molar-refractivity contribution in [1.29, 1.82) is 0 Å². The number of rotatable bonds is 9. The van der Waals surface area contributed by atoms with Gasteiger partial charge in [-0.2, -0.15) is 0 Å². The zero-order chi connectivity index (χ0) is 23.9. The minimum atomic E-state index is -0.449. The van der Waals surface area contributed by atoms with E-state index in [-0.39, 0.29) is 11.6 Å². The maximum atomic E-state index is 12.4. The first kappa shape index (κ1) is 22.5. The molecule has 0 fully saturated rings. The molecular formula is C25H22N4O5. The van der Waals surface area contributed by atoms with Gasteiger partial charge in [-0.3, -0.25) is 19.9 Å². The van der Waals surface area contributed by atoms with Crippen LogP contribution in [0.4, 0.5) is 17.1 Å². The largest absolute Gasteiger partial charge is 0.493 e. The van der Waals surface area contributed by atoms with Gasteiger partial charge in [-0.1, -0.05) is 12.1 Å². The van der Waals surface area contributed by atoms with E-state index in [2.05, 4.69) is 15.6 Å². The molecule has 0 saturated carbocycles. The Balaban J connectivity index is 1.35. The van der Waals surface area contributed by atoms with E-state index < -0.39 is 4.92 Å². The van der Waals surface area contributed by atoms with Gasteiger partial charge in [-0.05, 0) is 48.5 Å². The third-order valence-electron chi connectivity index (χ3n) is 5.08. The van der Waals surface area contributed by atoms with Gasteiger partial charge in [0, 0.05) is 40.7 Å². The molecule has 9 nitrogen and oxygen atoms in total.